The number of ketones is 1. The third-order valence-corrected chi connectivity index (χ3v) is 6.47. The van der Waals surface area contributed by atoms with Crippen LogP contribution in [0.2, 0.25) is 10.0 Å². The van der Waals surface area contributed by atoms with Gasteiger partial charge in [0.05, 0.1) is 16.6 Å². The Kier molecular flexibility index (Phi) is 5.23. The summed E-state index contributed by atoms with van der Waals surface area (Å²) in [4.78, 5) is 41.9. The van der Waals surface area contributed by atoms with Gasteiger partial charge in [-0.1, -0.05) is 29.3 Å². The van der Waals surface area contributed by atoms with E-state index < -0.39 is 11.2 Å². The predicted octanol–water partition coefficient (Wildman–Crippen LogP) is 2.57. The number of hydrogen-bond acceptors (Lipinski definition) is 5. The van der Waals surface area contributed by atoms with Crippen LogP contribution in [0.5, 0.6) is 0 Å². The normalized spacial score (nSPS) is 18.4. The van der Waals surface area contributed by atoms with Crippen molar-refractivity contribution in [2.75, 3.05) is 5.32 Å². The van der Waals surface area contributed by atoms with Crippen LogP contribution in [0.25, 0.3) is 11.2 Å². The Morgan fingerprint density at radius 2 is 1.87 bits per heavy atom. The molecule has 10 heteroatoms. The quantitative estimate of drug-likeness (QED) is 0.646. The van der Waals surface area contributed by atoms with Crippen molar-refractivity contribution in [3.8, 4) is 0 Å². The van der Waals surface area contributed by atoms with Gasteiger partial charge in [-0.25, -0.2) is 4.79 Å². The van der Waals surface area contributed by atoms with E-state index in [4.69, 9.17) is 23.2 Å². The van der Waals surface area contributed by atoms with Gasteiger partial charge >= 0.3 is 5.69 Å². The van der Waals surface area contributed by atoms with Crippen LogP contribution in [0.1, 0.15) is 25.3 Å². The van der Waals surface area contributed by atoms with Gasteiger partial charge in [-0.3, -0.25) is 18.7 Å². The number of anilines is 1. The first-order chi connectivity index (χ1) is 14.2. The zero-order valence-corrected chi connectivity index (χ0v) is 18.3. The molecule has 0 aliphatic heterocycles. The summed E-state index contributed by atoms with van der Waals surface area (Å²) >= 11 is 12.0. The number of hydrogen-bond donors (Lipinski definition) is 1. The van der Waals surface area contributed by atoms with Gasteiger partial charge < -0.3 is 9.88 Å². The summed E-state index contributed by atoms with van der Waals surface area (Å²) < 4.78 is 4.17. The number of Topliss-reactive ketones (excluding diaryl/α,β-unsaturated/α-hetero) is 1. The first kappa shape index (κ1) is 20.7. The van der Waals surface area contributed by atoms with Gasteiger partial charge in [-0.15, -0.1) is 0 Å². The molecular formula is C20H21Cl2N5O3. The second kappa shape index (κ2) is 7.59. The molecule has 158 valence electrons. The van der Waals surface area contributed by atoms with Crippen molar-refractivity contribution < 1.29 is 4.79 Å². The third kappa shape index (κ3) is 3.44. The summed E-state index contributed by atoms with van der Waals surface area (Å²) in [7, 11) is 3.31. The Morgan fingerprint density at radius 3 is 2.50 bits per heavy atom. The molecule has 1 fully saturated rings. The van der Waals surface area contributed by atoms with Crippen molar-refractivity contribution in [3.63, 3.8) is 0 Å². The van der Waals surface area contributed by atoms with E-state index in [9.17, 15) is 14.4 Å². The van der Waals surface area contributed by atoms with Crippen LogP contribution in [0.15, 0.2) is 27.8 Å². The average molecular weight is 450 g/mol. The fraction of sp³-hybridized carbons (Fsp3) is 0.400. The van der Waals surface area contributed by atoms with Crippen molar-refractivity contribution in [3.05, 3.63) is 54.6 Å². The Hall–Kier alpha value is -2.58. The molecule has 1 saturated carbocycles. The summed E-state index contributed by atoms with van der Waals surface area (Å²) in [5.74, 6) is 0.756. The number of halogens is 2. The zero-order valence-electron chi connectivity index (χ0n) is 16.8. The minimum absolute atomic E-state index is 0.0647. The molecule has 1 aliphatic carbocycles. The van der Waals surface area contributed by atoms with Gasteiger partial charge in [0.1, 0.15) is 5.78 Å². The molecule has 1 aromatic carbocycles. The van der Waals surface area contributed by atoms with E-state index in [0.717, 1.165) is 17.4 Å². The molecule has 0 saturated heterocycles. The van der Waals surface area contributed by atoms with Crippen LogP contribution in [0, 0.1) is 5.92 Å². The molecule has 0 spiro atoms. The number of fused-ring (bicyclic) bond motifs is 1. The van der Waals surface area contributed by atoms with Crippen molar-refractivity contribution >= 4 is 46.1 Å². The summed E-state index contributed by atoms with van der Waals surface area (Å²) in [6.07, 6.45) is 1.47. The number of benzene rings is 1. The molecule has 0 atom stereocenters. The minimum atomic E-state index is -0.469. The molecular weight excluding hydrogens is 429 g/mol. The maximum absolute atomic E-state index is 13.2. The fourth-order valence-electron chi connectivity index (χ4n) is 3.78. The Bertz CT molecular complexity index is 1280. The number of carbonyl (C=O) groups excluding carboxylic acids is 1. The van der Waals surface area contributed by atoms with E-state index >= 15 is 0 Å². The Morgan fingerprint density at radius 1 is 1.17 bits per heavy atom. The van der Waals surface area contributed by atoms with Gasteiger partial charge in [0.2, 0.25) is 5.95 Å². The van der Waals surface area contributed by atoms with Gasteiger partial charge in [0.15, 0.2) is 11.2 Å². The number of aromatic nitrogens is 4. The molecule has 0 unspecified atom stereocenters. The number of imidazole rings is 1. The SMILES string of the molecule is CC(=O)C1CC(Nc2nc3c(c(=O)n(Cc4ccc(Cl)c(Cl)c4)c(=O)n3C)n2C)C1. The Labute approximate surface area is 182 Å². The van der Waals surface area contributed by atoms with E-state index in [1.54, 1.807) is 43.8 Å². The summed E-state index contributed by atoms with van der Waals surface area (Å²) in [6.45, 7) is 1.66. The number of rotatable bonds is 5. The van der Waals surface area contributed by atoms with Gasteiger partial charge in [0.25, 0.3) is 5.56 Å². The lowest BCUT2D eigenvalue weighted by Crippen LogP contribution is -2.40. The van der Waals surface area contributed by atoms with Crippen LogP contribution in [-0.4, -0.2) is 30.5 Å². The highest BCUT2D eigenvalue weighted by molar-refractivity contribution is 6.42. The van der Waals surface area contributed by atoms with E-state index in [-0.39, 0.29) is 24.3 Å². The lowest BCUT2D eigenvalue weighted by Gasteiger charge is -2.34. The highest BCUT2D eigenvalue weighted by Crippen LogP contribution is 2.31. The van der Waals surface area contributed by atoms with Gasteiger partial charge in [-0.05, 0) is 37.5 Å². The van der Waals surface area contributed by atoms with Crippen molar-refractivity contribution in [1.82, 2.24) is 18.7 Å². The molecule has 1 aliphatic rings. The molecule has 0 amide bonds. The zero-order chi connectivity index (χ0) is 21.7. The summed E-state index contributed by atoms with van der Waals surface area (Å²) in [5.41, 5.74) is 0.416. The van der Waals surface area contributed by atoms with E-state index in [1.165, 1.54) is 4.57 Å². The standard InChI is InChI=1S/C20H21Cl2N5O3/c1-10(28)12-7-13(8-12)23-19-24-17-16(25(19)2)18(29)27(20(30)26(17)3)9-11-4-5-14(21)15(22)6-11/h4-6,12-13H,7-9H2,1-3H3,(H,23,24). The highest BCUT2D eigenvalue weighted by Gasteiger charge is 2.33. The maximum Gasteiger partial charge on any atom is 0.332 e. The van der Waals surface area contributed by atoms with Crippen molar-refractivity contribution in [2.24, 2.45) is 20.0 Å². The molecule has 3 aromatic rings. The van der Waals surface area contributed by atoms with Crippen LogP contribution in [-0.2, 0) is 25.4 Å². The largest absolute Gasteiger partial charge is 0.353 e. The summed E-state index contributed by atoms with van der Waals surface area (Å²) in [6, 6.07) is 5.11. The molecule has 0 radical (unpaired) electrons. The first-order valence-corrected chi connectivity index (χ1v) is 10.3. The fourth-order valence-corrected chi connectivity index (χ4v) is 4.10. The molecule has 4 rings (SSSR count). The number of aryl methyl sites for hydroxylation is 2. The van der Waals surface area contributed by atoms with E-state index in [1.807, 2.05) is 0 Å². The molecule has 2 aromatic heterocycles. The third-order valence-electron chi connectivity index (χ3n) is 5.73. The lowest BCUT2D eigenvalue weighted by molar-refractivity contribution is -0.123. The molecule has 30 heavy (non-hydrogen) atoms. The predicted molar refractivity (Wildman–Crippen MR) is 117 cm³/mol. The van der Waals surface area contributed by atoms with E-state index in [2.05, 4.69) is 10.3 Å². The smallest absolute Gasteiger partial charge is 0.332 e. The lowest BCUT2D eigenvalue weighted by atomic mass is 9.78. The van der Waals surface area contributed by atoms with Crippen LogP contribution in [0.3, 0.4) is 0 Å². The summed E-state index contributed by atoms with van der Waals surface area (Å²) in [5, 5.41) is 4.04. The second-order valence-corrected chi connectivity index (χ2v) is 8.58. The monoisotopic (exact) mass is 449 g/mol. The average Bonchev–Trinajstić information content (AvgIpc) is 2.98. The first-order valence-electron chi connectivity index (χ1n) is 9.54. The number of nitrogens with one attached hydrogen (secondary N) is 1. The molecule has 1 N–H and O–H groups in total. The van der Waals surface area contributed by atoms with Crippen LogP contribution in [0.4, 0.5) is 5.95 Å². The van der Waals surface area contributed by atoms with Crippen molar-refractivity contribution in [2.45, 2.75) is 32.4 Å². The minimum Gasteiger partial charge on any atom is -0.353 e. The second-order valence-electron chi connectivity index (χ2n) is 7.77. The van der Waals surface area contributed by atoms with Gasteiger partial charge in [0, 0.05) is 26.1 Å². The molecule has 2 heterocycles. The number of nitrogens with zero attached hydrogens (tertiary/aromatic N) is 4. The topological polar surface area (TPSA) is 90.9 Å². The van der Waals surface area contributed by atoms with Crippen molar-refractivity contribution in [1.29, 1.82) is 0 Å². The number of carbonyl (C=O) groups is 1. The van der Waals surface area contributed by atoms with Gasteiger partial charge in [-0.2, -0.15) is 4.98 Å². The molecule has 0 bridgehead atoms. The van der Waals surface area contributed by atoms with Crippen LogP contribution >= 0.6 is 23.2 Å². The van der Waals surface area contributed by atoms with E-state index in [0.29, 0.717) is 32.7 Å². The molecule has 8 nitrogen and oxygen atoms in total. The van der Waals surface area contributed by atoms with Crippen LogP contribution < -0.4 is 16.6 Å². The highest BCUT2D eigenvalue weighted by atomic mass is 35.5. The maximum atomic E-state index is 13.2. The Balaban J connectivity index is 1.72.